The number of unbranched alkanes of at least 4 members (excludes halogenated alkanes) is 17. The van der Waals surface area contributed by atoms with Crippen LogP contribution in [0.5, 0.6) is 0 Å². The average molecular weight is 757 g/mol. The first-order valence-electron chi connectivity index (χ1n) is 20.7. The largest absolute Gasteiger partial charge is 0.472 e. The first-order chi connectivity index (χ1) is 25.0. The van der Waals surface area contributed by atoms with Crippen LogP contribution in [-0.4, -0.2) is 74.9 Å². The van der Waals surface area contributed by atoms with Crippen LogP contribution in [0.4, 0.5) is 0 Å². The van der Waals surface area contributed by atoms with Gasteiger partial charge in [0.05, 0.1) is 27.7 Å². The minimum absolute atomic E-state index is 0.0249. The summed E-state index contributed by atoms with van der Waals surface area (Å²) in [6.07, 6.45) is 37.6. The van der Waals surface area contributed by atoms with Crippen LogP contribution in [0.2, 0.25) is 0 Å². The zero-order chi connectivity index (χ0) is 38.6. The second kappa shape index (κ2) is 35.0. The Kier molecular flexibility index (Phi) is 33.8. The molecule has 0 aromatic rings. The summed E-state index contributed by atoms with van der Waals surface area (Å²) in [4.78, 5) is 35.2. The number of hydrogen-bond acceptors (Lipinski definition) is 7. The highest BCUT2D eigenvalue weighted by molar-refractivity contribution is 7.47. The molecule has 2 atom stereocenters. The molecule has 0 amide bonds. The molecule has 1 N–H and O–H groups in total. The van der Waals surface area contributed by atoms with Gasteiger partial charge >= 0.3 is 19.8 Å². The third-order valence-electron chi connectivity index (χ3n) is 8.67. The first kappa shape index (κ1) is 50.2. The van der Waals surface area contributed by atoms with Crippen LogP contribution in [-0.2, 0) is 32.7 Å². The zero-order valence-electron chi connectivity index (χ0n) is 34.0. The highest BCUT2D eigenvalue weighted by Gasteiger charge is 2.27. The summed E-state index contributed by atoms with van der Waals surface area (Å²) in [6, 6.07) is 0. The van der Waals surface area contributed by atoms with E-state index in [-0.39, 0.29) is 32.0 Å². The maximum absolute atomic E-state index is 12.6. The Morgan fingerprint density at radius 3 is 1.58 bits per heavy atom. The van der Waals surface area contributed by atoms with Gasteiger partial charge in [0, 0.05) is 12.8 Å². The summed E-state index contributed by atoms with van der Waals surface area (Å²) >= 11 is 0. The molecule has 0 aromatic heterocycles. The van der Waals surface area contributed by atoms with Gasteiger partial charge in [0.1, 0.15) is 19.8 Å². The van der Waals surface area contributed by atoms with E-state index in [9.17, 15) is 19.0 Å². The number of carbonyl (C=O) groups excluding carboxylic acids is 2. The van der Waals surface area contributed by atoms with Crippen molar-refractivity contribution < 1.29 is 42.1 Å². The molecule has 0 aliphatic rings. The fraction of sp³-hybridized carbons (Fsp3) is 0.810. The minimum Gasteiger partial charge on any atom is -0.462 e. The van der Waals surface area contributed by atoms with E-state index in [0.717, 1.165) is 51.4 Å². The van der Waals surface area contributed by atoms with Crippen molar-refractivity contribution >= 4 is 19.8 Å². The summed E-state index contributed by atoms with van der Waals surface area (Å²) in [5.74, 6) is -0.842. The maximum atomic E-state index is 12.6. The molecule has 0 fully saturated rings. The van der Waals surface area contributed by atoms with Gasteiger partial charge in [0.25, 0.3) is 0 Å². The number of phosphoric acid groups is 1. The van der Waals surface area contributed by atoms with E-state index in [1.807, 2.05) is 21.1 Å². The van der Waals surface area contributed by atoms with Gasteiger partial charge in [-0.05, 0) is 51.4 Å². The van der Waals surface area contributed by atoms with Crippen molar-refractivity contribution in [2.24, 2.45) is 0 Å². The maximum Gasteiger partial charge on any atom is 0.472 e. The molecule has 9 nitrogen and oxygen atoms in total. The van der Waals surface area contributed by atoms with Crippen LogP contribution >= 0.6 is 7.82 Å². The Morgan fingerprint density at radius 2 is 1.04 bits per heavy atom. The molecule has 0 aromatic carbocycles. The normalized spacial score (nSPS) is 14.0. The number of ether oxygens (including phenoxy) is 2. The number of rotatable bonds is 37. The van der Waals surface area contributed by atoms with E-state index in [1.165, 1.54) is 83.5 Å². The van der Waals surface area contributed by atoms with Gasteiger partial charge in [-0.1, -0.05) is 140 Å². The van der Waals surface area contributed by atoms with E-state index in [0.29, 0.717) is 17.4 Å². The van der Waals surface area contributed by atoms with Crippen LogP contribution in [0.25, 0.3) is 0 Å². The molecule has 0 bridgehead atoms. The molecule has 52 heavy (non-hydrogen) atoms. The molecule has 0 saturated carbocycles. The molecule has 10 heteroatoms. The predicted molar refractivity (Wildman–Crippen MR) is 215 cm³/mol. The van der Waals surface area contributed by atoms with Crippen LogP contribution in [0.1, 0.15) is 168 Å². The first-order valence-corrected chi connectivity index (χ1v) is 22.2. The van der Waals surface area contributed by atoms with Gasteiger partial charge < -0.3 is 18.9 Å². The van der Waals surface area contributed by atoms with E-state index in [1.54, 1.807) is 0 Å². The molecule has 0 heterocycles. The highest BCUT2D eigenvalue weighted by Crippen LogP contribution is 2.43. The molecule has 0 aliphatic heterocycles. The summed E-state index contributed by atoms with van der Waals surface area (Å²) in [5.41, 5.74) is 0. The van der Waals surface area contributed by atoms with Crippen LogP contribution < -0.4 is 0 Å². The monoisotopic (exact) mass is 757 g/mol. The number of phosphoric ester groups is 1. The fourth-order valence-electron chi connectivity index (χ4n) is 5.37. The van der Waals surface area contributed by atoms with Crippen molar-refractivity contribution in [2.45, 2.75) is 174 Å². The van der Waals surface area contributed by atoms with E-state index in [2.05, 4.69) is 50.3 Å². The summed E-state index contributed by atoms with van der Waals surface area (Å²) in [6.45, 7) is 4.34. The Hall–Kier alpha value is -1.77. The van der Waals surface area contributed by atoms with E-state index < -0.39 is 26.5 Å². The van der Waals surface area contributed by atoms with Gasteiger partial charge in [-0.15, -0.1) is 0 Å². The number of esters is 2. The Balaban J connectivity index is 4.47. The molecule has 0 saturated heterocycles. The van der Waals surface area contributed by atoms with Crippen molar-refractivity contribution in [3.63, 3.8) is 0 Å². The lowest BCUT2D eigenvalue weighted by Crippen LogP contribution is -2.37. The lowest BCUT2D eigenvalue weighted by atomic mass is 10.0. The van der Waals surface area contributed by atoms with Gasteiger partial charge in [-0.2, -0.15) is 0 Å². The van der Waals surface area contributed by atoms with Crippen LogP contribution in [0.3, 0.4) is 0 Å². The van der Waals surface area contributed by atoms with Crippen LogP contribution in [0, 0.1) is 0 Å². The number of allylic oxidation sites excluding steroid dienone is 6. The topological polar surface area (TPSA) is 108 Å². The summed E-state index contributed by atoms with van der Waals surface area (Å²) in [5, 5.41) is 0. The molecule has 0 spiro atoms. The molecule has 0 radical (unpaired) electrons. The van der Waals surface area contributed by atoms with E-state index in [4.69, 9.17) is 18.5 Å². The smallest absolute Gasteiger partial charge is 0.462 e. The highest BCUT2D eigenvalue weighted by atomic mass is 31.2. The fourth-order valence-corrected chi connectivity index (χ4v) is 6.11. The Morgan fingerprint density at radius 1 is 0.596 bits per heavy atom. The van der Waals surface area contributed by atoms with Crippen molar-refractivity contribution in [3.8, 4) is 0 Å². The Labute approximate surface area is 319 Å². The zero-order valence-corrected chi connectivity index (χ0v) is 34.9. The predicted octanol–water partition coefficient (Wildman–Crippen LogP) is 11.4. The quantitative estimate of drug-likeness (QED) is 0.0219. The number of nitrogens with zero attached hydrogens (tertiary/aromatic N) is 1. The number of quaternary nitrogens is 1. The standard InChI is InChI=1S/C42H78NO8P/c1-6-8-10-12-14-16-18-20-21-23-25-27-29-31-33-35-42(45)51-40(39-50-52(46,47)49-37-36-43(3,4)5)38-48-41(44)34-32-30-28-26-24-22-19-17-15-13-11-9-7-2/h14,16,20-21,25,27,40H,6-13,15,17-19,22-24,26,28-39H2,1-5H3/p+1/b16-14-,21-20-,27-25-. The molecular weight excluding hydrogens is 677 g/mol. The van der Waals surface area contributed by atoms with Gasteiger partial charge in [-0.3, -0.25) is 18.6 Å². The molecular formula is C42H79NO8P+. The second-order valence-corrected chi connectivity index (χ2v) is 16.5. The summed E-state index contributed by atoms with van der Waals surface area (Å²) in [7, 11) is 1.45. The van der Waals surface area contributed by atoms with Gasteiger partial charge in [0.2, 0.25) is 0 Å². The number of hydrogen-bond donors (Lipinski definition) is 1. The number of likely N-dealkylation sites (N-methyl/N-ethyl adjacent to an activating group) is 1. The molecule has 2 unspecified atom stereocenters. The third kappa shape index (κ3) is 38.0. The van der Waals surface area contributed by atoms with E-state index >= 15 is 0 Å². The molecule has 304 valence electrons. The van der Waals surface area contributed by atoms with Gasteiger partial charge in [0.15, 0.2) is 6.10 Å². The van der Waals surface area contributed by atoms with Crippen molar-refractivity contribution in [3.05, 3.63) is 36.5 Å². The van der Waals surface area contributed by atoms with Crippen molar-refractivity contribution in [2.75, 3.05) is 47.5 Å². The second-order valence-electron chi connectivity index (χ2n) is 15.0. The number of carbonyl (C=O) groups is 2. The molecule has 0 aliphatic carbocycles. The average Bonchev–Trinajstić information content (AvgIpc) is 3.09. The lowest BCUT2D eigenvalue weighted by molar-refractivity contribution is -0.870. The van der Waals surface area contributed by atoms with Gasteiger partial charge in [-0.25, -0.2) is 4.57 Å². The van der Waals surface area contributed by atoms with Crippen molar-refractivity contribution in [1.29, 1.82) is 0 Å². The molecule has 0 rings (SSSR count). The van der Waals surface area contributed by atoms with Crippen LogP contribution in [0.15, 0.2) is 36.5 Å². The van der Waals surface area contributed by atoms with Crippen molar-refractivity contribution in [1.82, 2.24) is 0 Å². The summed E-state index contributed by atoms with van der Waals surface area (Å²) < 4.78 is 34.2. The lowest BCUT2D eigenvalue weighted by Gasteiger charge is -2.24. The third-order valence-corrected chi connectivity index (χ3v) is 9.66. The minimum atomic E-state index is -4.38. The SMILES string of the molecule is CCCCC/C=C\C/C=C\C/C=C\CCCCC(=O)OC(COC(=O)CCCCCCCCCCCCCCC)COP(=O)(O)OCC[N+](C)(C)C. The Bertz CT molecular complexity index is 991.